The van der Waals surface area contributed by atoms with Gasteiger partial charge in [-0.05, 0) is 69.2 Å². The average Bonchev–Trinajstić information content (AvgIpc) is 2.86. The molecule has 5 nitrogen and oxygen atoms in total. The van der Waals surface area contributed by atoms with Crippen molar-refractivity contribution in [3.05, 3.63) is 47.7 Å². The zero-order chi connectivity index (χ0) is 25.2. The van der Waals surface area contributed by atoms with Crippen molar-refractivity contribution < 1.29 is 5.11 Å². The zero-order valence-corrected chi connectivity index (χ0v) is 22.6. The number of rotatable bonds is 12. The molecule has 35 heavy (non-hydrogen) atoms. The monoisotopic (exact) mass is 478 g/mol. The predicted octanol–water partition coefficient (Wildman–Crippen LogP) is 7.49. The van der Waals surface area contributed by atoms with Crippen molar-refractivity contribution in [2.45, 2.75) is 91.7 Å². The van der Waals surface area contributed by atoms with Crippen LogP contribution in [0, 0.1) is 18.8 Å². The molecule has 1 heterocycles. The van der Waals surface area contributed by atoms with Crippen molar-refractivity contribution in [2.75, 3.05) is 23.8 Å². The standard InChI is InChI=1S/C30H46N4O/c1-6-11-24(12-7-2)20-32-26-16-18-29(33-21-26)34(23(4)35)28-19-22(3)15-17-27(28)30(31-5)25-13-9-8-10-14-25/h15-19,21,23-25,32,35H,6-14,20H2,1-5H3. The third-order valence-corrected chi connectivity index (χ3v) is 7.28. The van der Waals surface area contributed by atoms with Gasteiger partial charge in [0.05, 0.1) is 17.6 Å². The van der Waals surface area contributed by atoms with E-state index in [1.165, 1.54) is 57.8 Å². The van der Waals surface area contributed by atoms with E-state index in [1.807, 2.05) is 31.1 Å². The molecule has 2 N–H and O–H groups in total. The second-order valence-corrected chi connectivity index (χ2v) is 10.2. The normalized spacial score (nSPS) is 15.9. The number of hydrogen-bond donors (Lipinski definition) is 2. The molecule has 0 radical (unpaired) electrons. The van der Waals surface area contributed by atoms with Crippen LogP contribution in [0.15, 0.2) is 41.5 Å². The second kappa shape index (κ2) is 13.6. The number of hydrogen-bond acceptors (Lipinski definition) is 5. The maximum Gasteiger partial charge on any atom is 0.135 e. The van der Waals surface area contributed by atoms with E-state index in [-0.39, 0.29) is 0 Å². The molecule has 0 amide bonds. The lowest BCUT2D eigenvalue weighted by Gasteiger charge is -2.31. The van der Waals surface area contributed by atoms with Crippen molar-refractivity contribution in [1.29, 1.82) is 0 Å². The summed E-state index contributed by atoms with van der Waals surface area (Å²) in [6.07, 6.45) is 12.3. The van der Waals surface area contributed by atoms with Crippen LogP contribution < -0.4 is 10.2 Å². The molecule has 0 spiro atoms. The third kappa shape index (κ3) is 7.30. The first-order chi connectivity index (χ1) is 17.0. The Balaban J connectivity index is 1.87. The van der Waals surface area contributed by atoms with Gasteiger partial charge in [0, 0.05) is 30.8 Å². The van der Waals surface area contributed by atoms with Crippen molar-refractivity contribution in [3.63, 3.8) is 0 Å². The Morgan fingerprint density at radius 1 is 1.11 bits per heavy atom. The number of aryl methyl sites for hydroxylation is 1. The van der Waals surface area contributed by atoms with Crippen LogP contribution in [-0.2, 0) is 0 Å². The minimum atomic E-state index is -0.718. The number of nitrogens with one attached hydrogen (secondary N) is 1. The fraction of sp³-hybridized carbons (Fsp3) is 0.600. The van der Waals surface area contributed by atoms with Crippen LogP contribution in [0.3, 0.4) is 0 Å². The third-order valence-electron chi connectivity index (χ3n) is 7.28. The molecule has 1 saturated carbocycles. The van der Waals surface area contributed by atoms with E-state index in [9.17, 15) is 5.11 Å². The Kier molecular flexibility index (Phi) is 10.6. The molecule has 1 aliphatic rings. The molecule has 2 aromatic rings. The van der Waals surface area contributed by atoms with Gasteiger partial charge >= 0.3 is 0 Å². The summed E-state index contributed by atoms with van der Waals surface area (Å²) < 4.78 is 0. The second-order valence-electron chi connectivity index (χ2n) is 10.2. The summed E-state index contributed by atoms with van der Waals surface area (Å²) in [5.41, 5.74) is 5.42. The lowest BCUT2D eigenvalue weighted by atomic mass is 9.82. The van der Waals surface area contributed by atoms with E-state index >= 15 is 0 Å². The zero-order valence-electron chi connectivity index (χ0n) is 22.6. The summed E-state index contributed by atoms with van der Waals surface area (Å²) in [6, 6.07) is 10.6. The van der Waals surface area contributed by atoms with Gasteiger partial charge in [-0.3, -0.25) is 9.89 Å². The molecule has 0 saturated heterocycles. The van der Waals surface area contributed by atoms with Crippen LogP contribution in [0.2, 0.25) is 0 Å². The molecule has 1 aromatic carbocycles. The molecule has 1 aliphatic carbocycles. The number of aliphatic imine (C=N–C) groups is 1. The van der Waals surface area contributed by atoms with E-state index in [0.717, 1.165) is 40.6 Å². The molecule has 1 unspecified atom stereocenters. The van der Waals surface area contributed by atoms with E-state index in [2.05, 4.69) is 50.4 Å². The van der Waals surface area contributed by atoms with E-state index < -0.39 is 6.23 Å². The first-order valence-electron chi connectivity index (χ1n) is 13.7. The van der Waals surface area contributed by atoms with Crippen LogP contribution in [-0.4, -0.2) is 35.6 Å². The minimum absolute atomic E-state index is 0.477. The molecule has 5 heteroatoms. The van der Waals surface area contributed by atoms with Crippen molar-refractivity contribution >= 4 is 22.9 Å². The molecule has 1 atom stereocenters. The Morgan fingerprint density at radius 3 is 2.40 bits per heavy atom. The molecule has 0 bridgehead atoms. The summed E-state index contributed by atoms with van der Waals surface area (Å²) in [5, 5.41) is 14.5. The number of aliphatic hydroxyl groups is 1. The number of anilines is 3. The Hall–Kier alpha value is -2.40. The molecular formula is C30H46N4O. The van der Waals surface area contributed by atoms with Crippen LogP contribution in [0.1, 0.15) is 89.7 Å². The number of benzene rings is 1. The number of aromatic nitrogens is 1. The van der Waals surface area contributed by atoms with E-state index in [0.29, 0.717) is 11.8 Å². The fourth-order valence-electron chi connectivity index (χ4n) is 5.53. The minimum Gasteiger partial charge on any atom is -0.384 e. The van der Waals surface area contributed by atoms with Gasteiger partial charge in [0.1, 0.15) is 12.0 Å². The van der Waals surface area contributed by atoms with Gasteiger partial charge in [-0.2, -0.15) is 0 Å². The van der Waals surface area contributed by atoms with E-state index in [1.54, 1.807) is 0 Å². The van der Waals surface area contributed by atoms with Crippen LogP contribution in [0.5, 0.6) is 0 Å². The highest BCUT2D eigenvalue weighted by Crippen LogP contribution is 2.35. The van der Waals surface area contributed by atoms with Crippen LogP contribution in [0.25, 0.3) is 0 Å². The first-order valence-corrected chi connectivity index (χ1v) is 13.7. The topological polar surface area (TPSA) is 60.8 Å². The number of aliphatic hydroxyl groups excluding tert-OH is 1. The summed E-state index contributed by atoms with van der Waals surface area (Å²) >= 11 is 0. The molecule has 1 aromatic heterocycles. The highest BCUT2D eigenvalue weighted by Gasteiger charge is 2.26. The lowest BCUT2D eigenvalue weighted by Crippen LogP contribution is -2.31. The molecule has 1 fully saturated rings. The quantitative estimate of drug-likeness (QED) is 0.245. The van der Waals surface area contributed by atoms with E-state index in [4.69, 9.17) is 9.98 Å². The van der Waals surface area contributed by atoms with Gasteiger partial charge in [-0.25, -0.2) is 4.98 Å². The highest BCUT2D eigenvalue weighted by molar-refractivity contribution is 6.07. The first kappa shape index (κ1) is 27.2. The summed E-state index contributed by atoms with van der Waals surface area (Å²) in [6.45, 7) is 9.39. The summed E-state index contributed by atoms with van der Waals surface area (Å²) in [4.78, 5) is 11.5. The number of pyridine rings is 1. The van der Waals surface area contributed by atoms with Gasteiger partial charge in [0.15, 0.2) is 0 Å². The molecule has 192 valence electrons. The smallest absolute Gasteiger partial charge is 0.135 e. The molecule has 3 rings (SSSR count). The maximum absolute atomic E-state index is 10.9. The van der Waals surface area contributed by atoms with Gasteiger partial charge in [0.25, 0.3) is 0 Å². The van der Waals surface area contributed by atoms with Gasteiger partial charge in [-0.1, -0.05) is 58.1 Å². The number of nitrogens with zero attached hydrogens (tertiary/aromatic N) is 3. The van der Waals surface area contributed by atoms with Crippen molar-refractivity contribution in [2.24, 2.45) is 16.8 Å². The summed E-state index contributed by atoms with van der Waals surface area (Å²) in [5.74, 6) is 1.92. The average molecular weight is 479 g/mol. The predicted molar refractivity (Wildman–Crippen MR) is 150 cm³/mol. The molecular weight excluding hydrogens is 432 g/mol. The highest BCUT2D eigenvalue weighted by atomic mass is 16.3. The summed E-state index contributed by atoms with van der Waals surface area (Å²) in [7, 11) is 1.91. The largest absolute Gasteiger partial charge is 0.384 e. The SMILES string of the molecule is CCCC(CCC)CNc1ccc(N(c2cc(C)ccc2C(=NC)C2CCCCC2)C(C)O)nc1. The Morgan fingerprint density at radius 2 is 1.83 bits per heavy atom. The Labute approximate surface area is 213 Å². The fourth-order valence-corrected chi connectivity index (χ4v) is 5.53. The van der Waals surface area contributed by atoms with Gasteiger partial charge < -0.3 is 10.4 Å². The van der Waals surface area contributed by atoms with Crippen molar-refractivity contribution in [1.82, 2.24) is 4.98 Å². The van der Waals surface area contributed by atoms with Gasteiger partial charge in [0.2, 0.25) is 0 Å². The lowest BCUT2D eigenvalue weighted by molar-refractivity contribution is 0.200. The van der Waals surface area contributed by atoms with Gasteiger partial charge in [-0.15, -0.1) is 0 Å². The van der Waals surface area contributed by atoms with Crippen molar-refractivity contribution in [3.8, 4) is 0 Å². The molecule has 0 aliphatic heterocycles. The maximum atomic E-state index is 10.9. The van der Waals surface area contributed by atoms with Crippen LogP contribution >= 0.6 is 0 Å². The van der Waals surface area contributed by atoms with Crippen LogP contribution in [0.4, 0.5) is 17.2 Å². The Bertz CT molecular complexity index is 926.